The Balaban J connectivity index is 1.96. The summed E-state index contributed by atoms with van der Waals surface area (Å²) in [5.41, 5.74) is 2.58. The second-order valence-electron chi connectivity index (χ2n) is 4.53. The molecule has 0 saturated carbocycles. The Morgan fingerprint density at radius 1 is 1.31 bits per heavy atom. The average molecular weight is 216 g/mol. The molecule has 3 rings (SSSR count). The fraction of sp³-hybridized carbons (Fsp3) is 0.385. The van der Waals surface area contributed by atoms with Crippen LogP contribution in [0.3, 0.4) is 0 Å². The third-order valence-electron chi connectivity index (χ3n) is 3.51. The number of methoxy groups -OCH3 is 1. The fourth-order valence-corrected chi connectivity index (χ4v) is 2.39. The van der Waals surface area contributed by atoms with Crippen LogP contribution >= 0.6 is 0 Å². The van der Waals surface area contributed by atoms with E-state index in [1.165, 1.54) is 16.5 Å². The Labute approximate surface area is 94.8 Å². The Bertz CT molecular complexity index is 494. The first kappa shape index (κ1) is 9.87. The van der Waals surface area contributed by atoms with Crippen molar-refractivity contribution < 1.29 is 4.74 Å². The van der Waals surface area contributed by atoms with E-state index in [-0.39, 0.29) is 5.60 Å². The average Bonchev–Trinajstić information content (AvgIpc) is 2.72. The van der Waals surface area contributed by atoms with Gasteiger partial charge in [-0.05, 0) is 17.0 Å². The van der Waals surface area contributed by atoms with Gasteiger partial charge in [0.2, 0.25) is 0 Å². The molecule has 1 aliphatic rings. The number of rotatable bonds is 3. The smallest absolute Gasteiger partial charge is 0.0966 e. The molecule has 16 heavy (non-hydrogen) atoms. The van der Waals surface area contributed by atoms with Gasteiger partial charge in [-0.15, -0.1) is 0 Å². The fourth-order valence-electron chi connectivity index (χ4n) is 2.39. The number of hydrogen-bond donors (Lipinski definition) is 2. The van der Waals surface area contributed by atoms with Crippen molar-refractivity contribution in [1.82, 2.24) is 10.3 Å². The predicted molar refractivity (Wildman–Crippen MR) is 64.6 cm³/mol. The van der Waals surface area contributed by atoms with Gasteiger partial charge in [0, 0.05) is 38.3 Å². The number of ether oxygens (including phenoxy) is 1. The zero-order chi connectivity index (χ0) is 11.0. The molecule has 0 aliphatic carbocycles. The van der Waals surface area contributed by atoms with Gasteiger partial charge in [0.25, 0.3) is 0 Å². The van der Waals surface area contributed by atoms with Crippen LogP contribution in [0.1, 0.15) is 5.56 Å². The first-order chi connectivity index (χ1) is 7.83. The van der Waals surface area contributed by atoms with E-state index < -0.39 is 0 Å². The second-order valence-corrected chi connectivity index (χ2v) is 4.53. The summed E-state index contributed by atoms with van der Waals surface area (Å²) < 4.78 is 5.63. The maximum absolute atomic E-state index is 5.63. The molecule has 1 fully saturated rings. The van der Waals surface area contributed by atoms with Crippen LogP contribution in [0.25, 0.3) is 10.9 Å². The molecule has 0 unspecified atom stereocenters. The number of benzene rings is 1. The van der Waals surface area contributed by atoms with Crippen molar-refractivity contribution >= 4 is 10.9 Å². The van der Waals surface area contributed by atoms with Gasteiger partial charge in [0.15, 0.2) is 0 Å². The van der Waals surface area contributed by atoms with E-state index in [1.807, 2.05) is 6.20 Å². The van der Waals surface area contributed by atoms with Crippen LogP contribution < -0.4 is 5.32 Å². The van der Waals surface area contributed by atoms with Crippen LogP contribution in [0.2, 0.25) is 0 Å². The van der Waals surface area contributed by atoms with Crippen LogP contribution in [0.4, 0.5) is 0 Å². The molecule has 3 nitrogen and oxygen atoms in total. The van der Waals surface area contributed by atoms with Crippen molar-refractivity contribution in [3.05, 3.63) is 36.0 Å². The molecule has 0 bridgehead atoms. The molecule has 2 aromatic rings. The molecule has 0 amide bonds. The summed E-state index contributed by atoms with van der Waals surface area (Å²) in [6.07, 6.45) is 2.96. The number of para-hydroxylation sites is 1. The van der Waals surface area contributed by atoms with Crippen molar-refractivity contribution in [2.75, 3.05) is 20.2 Å². The number of hydrogen-bond acceptors (Lipinski definition) is 2. The second kappa shape index (κ2) is 3.61. The molecule has 3 heteroatoms. The third-order valence-corrected chi connectivity index (χ3v) is 3.51. The van der Waals surface area contributed by atoms with Gasteiger partial charge >= 0.3 is 0 Å². The van der Waals surface area contributed by atoms with Gasteiger partial charge in [-0.3, -0.25) is 0 Å². The molecule has 0 spiro atoms. The van der Waals surface area contributed by atoms with Crippen molar-refractivity contribution in [2.45, 2.75) is 12.0 Å². The zero-order valence-corrected chi connectivity index (χ0v) is 9.42. The van der Waals surface area contributed by atoms with E-state index in [2.05, 4.69) is 34.6 Å². The zero-order valence-electron chi connectivity index (χ0n) is 9.42. The lowest BCUT2D eigenvalue weighted by atomic mass is 9.88. The highest BCUT2D eigenvalue weighted by atomic mass is 16.5. The third kappa shape index (κ3) is 1.44. The Morgan fingerprint density at radius 2 is 2.19 bits per heavy atom. The summed E-state index contributed by atoms with van der Waals surface area (Å²) in [5.74, 6) is 0. The lowest BCUT2D eigenvalue weighted by molar-refractivity contribution is -0.0500. The molecule has 1 saturated heterocycles. The largest absolute Gasteiger partial charge is 0.375 e. The quantitative estimate of drug-likeness (QED) is 0.819. The van der Waals surface area contributed by atoms with Crippen molar-refractivity contribution in [2.24, 2.45) is 0 Å². The van der Waals surface area contributed by atoms with Crippen LogP contribution in [0, 0.1) is 0 Å². The molecule has 0 atom stereocenters. The number of fused-ring (bicyclic) bond motifs is 1. The molecule has 2 heterocycles. The normalized spacial score (nSPS) is 18.6. The number of H-pyrrole nitrogens is 1. The molecular formula is C13H16N2O. The Morgan fingerprint density at radius 3 is 2.88 bits per heavy atom. The van der Waals surface area contributed by atoms with Crippen LogP contribution in [0.5, 0.6) is 0 Å². The van der Waals surface area contributed by atoms with Gasteiger partial charge in [-0.25, -0.2) is 0 Å². The van der Waals surface area contributed by atoms with Gasteiger partial charge in [-0.2, -0.15) is 0 Å². The molecule has 1 aliphatic heterocycles. The van der Waals surface area contributed by atoms with Gasteiger partial charge in [0.1, 0.15) is 0 Å². The van der Waals surface area contributed by atoms with Gasteiger partial charge < -0.3 is 15.0 Å². The maximum atomic E-state index is 5.63. The summed E-state index contributed by atoms with van der Waals surface area (Å²) in [7, 11) is 1.80. The van der Waals surface area contributed by atoms with Crippen molar-refractivity contribution in [3.63, 3.8) is 0 Å². The lowest BCUT2D eigenvalue weighted by Crippen LogP contribution is -2.61. The Kier molecular flexibility index (Phi) is 2.23. The molecule has 84 valence electrons. The predicted octanol–water partition coefficient (Wildman–Crippen LogP) is 1.70. The van der Waals surface area contributed by atoms with E-state index in [0.717, 1.165) is 19.5 Å². The summed E-state index contributed by atoms with van der Waals surface area (Å²) >= 11 is 0. The van der Waals surface area contributed by atoms with Crippen molar-refractivity contribution in [1.29, 1.82) is 0 Å². The lowest BCUT2D eigenvalue weighted by Gasteiger charge is -2.41. The van der Waals surface area contributed by atoms with Crippen LogP contribution in [0.15, 0.2) is 30.5 Å². The number of nitrogens with one attached hydrogen (secondary N) is 2. The highest BCUT2D eigenvalue weighted by Crippen LogP contribution is 2.26. The van der Waals surface area contributed by atoms with E-state index >= 15 is 0 Å². The highest BCUT2D eigenvalue weighted by Gasteiger charge is 2.37. The molecule has 1 aromatic heterocycles. The molecule has 2 N–H and O–H groups in total. The highest BCUT2D eigenvalue weighted by molar-refractivity contribution is 5.82. The minimum Gasteiger partial charge on any atom is -0.375 e. The first-order valence-electron chi connectivity index (χ1n) is 5.64. The van der Waals surface area contributed by atoms with Gasteiger partial charge in [-0.1, -0.05) is 18.2 Å². The van der Waals surface area contributed by atoms with E-state index in [4.69, 9.17) is 4.74 Å². The molecule has 1 aromatic carbocycles. The minimum atomic E-state index is -0.000602. The number of aromatic nitrogens is 1. The SMILES string of the molecule is COC1(Cc2cccc3cc[nH]c23)CNC1. The molecular weight excluding hydrogens is 200 g/mol. The molecule has 0 radical (unpaired) electrons. The monoisotopic (exact) mass is 216 g/mol. The van der Waals surface area contributed by atoms with Crippen LogP contribution in [-0.4, -0.2) is 30.8 Å². The standard InChI is InChI=1S/C13H16N2O/c1-16-13(8-14-9-13)7-11-4-2-3-10-5-6-15-12(10)11/h2-6,14-15H,7-9H2,1H3. The van der Waals surface area contributed by atoms with Crippen molar-refractivity contribution in [3.8, 4) is 0 Å². The summed E-state index contributed by atoms with van der Waals surface area (Å²) in [4.78, 5) is 3.31. The Hall–Kier alpha value is -1.32. The van der Waals surface area contributed by atoms with Crippen LogP contribution in [-0.2, 0) is 11.2 Å². The van der Waals surface area contributed by atoms with E-state index in [0.29, 0.717) is 0 Å². The van der Waals surface area contributed by atoms with E-state index in [1.54, 1.807) is 7.11 Å². The summed E-state index contributed by atoms with van der Waals surface area (Å²) in [6, 6.07) is 8.53. The number of aromatic amines is 1. The first-order valence-corrected chi connectivity index (χ1v) is 5.64. The summed E-state index contributed by atoms with van der Waals surface area (Å²) in [5, 5.41) is 4.55. The minimum absolute atomic E-state index is 0.000602. The maximum Gasteiger partial charge on any atom is 0.0966 e. The van der Waals surface area contributed by atoms with Gasteiger partial charge in [0.05, 0.1) is 5.60 Å². The summed E-state index contributed by atoms with van der Waals surface area (Å²) in [6.45, 7) is 1.89. The van der Waals surface area contributed by atoms with E-state index in [9.17, 15) is 0 Å². The topological polar surface area (TPSA) is 37.0 Å².